The average molecular weight is 190 g/mol. The molecule has 1 amide bonds. The minimum Gasteiger partial charge on any atom is -0.387 e. The van der Waals surface area contributed by atoms with Crippen LogP contribution in [0.15, 0.2) is 18.2 Å². The van der Waals surface area contributed by atoms with Crippen molar-refractivity contribution >= 4 is 17.4 Å². The molecule has 0 radical (unpaired) electrons. The molecule has 0 saturated carbocycles. The lowest BCUT2D eigenvalue weighted by atomic mass is 9.97. The van der Waals surface area contributed by atoms with Crippen molar-refractivity contribution in [1.82, 2.24) is 5.32 Å². The molecule has 1 aromatic carbocycles. The molecule has 0 atom stereocenters. The van der Waals surface area contributed by atoms with Crippen molar-refractivity contribution in [2.45, 2.75) is 0 Å². The van der Waals surface area contributed by atoms with E-state index in [-0.39, 0.29) is 18.2 Å². The van der Waals surface area contributed by atoms with Gasteiger partial charge in [-0.3, -0.25) is 9.59 Å². The highest BCUT2D eigenvalue weighted by Gasteiger charge is 2.25. The Bertz CT molecular complexity index is 413. The zero-order valence-corrected chi connectivity index (χ0v) is 7.76. The van der Waals surface area contributed by atoms with E-state index in [0.29, 0.717) is 16.8 Å². The fourth-order valence-corrected chi connectivity index (χ4v) is 1.58. The van der Waals surface area contributed by atoms with Gasteiger partial charge in [0.15, 0.2) is 5.78 Å². The quantitative estimate of drug-likeness (QED) is 0.683. The molecule has 14 heavy (non-hydrogen) atoms. The van der Waals surface area contributed by atoms with E-state index in [1.54, 1.807) is 25.2 Å². The van der Waals surface area contributed by atoms with E-state index >= 15 is 0 Å². The Hall–Kier alpha value is -1.84. The molecule has 1 aliphatic heterocycles. The molecule has 2 rings (SSSR count). The molecule has 0 unspecified atom stereocenters. The Morgan fingerprint density at radius 2 is 2.14 bits per heavy atom. The number of amides is 1. The molecular weight excluding hydrogens is 180 g/mol. The zero-order valence-electron chi connectivity index (χ0n) is 7.76. The second-order valence-corrected chi connectivity index (χ2v) is 3.08. The van der Waals surface area contributed by atoms with Gasteiger partial charge in [-0.1, -0.05) is 12.1 Å². The summed E-state index contributed by atoms with van der Waals surface area (Å²) >= 11 is 0. The van der Waals surface area contributed by atoms with Crippen LogP contribution in [0.1, 0.15) is 20.7 Å². The van der Waals surface area contributed by atoms with E-state index in [4.69, 9.17) is 0 Å². The maximum atomic E-state index is 11.5. The molecule has 0 bridgehead atoms. The van der Waals surface area contributed by atoms with Gasteiger partial charge < -0.3 is 10.6 Å². The van der Waals surface area contributed by atoms with Crippen LogP contribution in [0.25, 0.3) is 0 Å². The third kappa shape index (κ3) is 1.16. The van der Waals surface area contributed by atoms with Crippen LogP contribution in [0, 0.1) is 0 Å². The van der Waals surface area contributed by atoms with Crippen LogP contribution in [0.2, 0.25) is 0 Å². The number of carbonyl (C=O) groups is 2. The van der Waals surface area contributed by atoms with Crippen molar-refractivity contribution in [3.8, 4) is 0 Å². The lowest BCUT2D eigenvalue weighted by Crippen LogP contribution is -2.36. The van der Waals surface area contributed by atoms with Gasteiger partial charge in [0, 0.05) is 18.3 Å². The number of anilines is 1. The van der Waals surface area contributed by atoms with Crippen LogP contribution in [-0.2, 0) is 0 Å². The van der Waals surface area contributed by atoms with E-state index in [2.05, 4.69) is 10.6 Å². The summed E-state index contributed by atoms with van der Waals surface area (Å²) in [5.74, 6) is -0.235. The summed E-state index contributed by atoms with van der Waals surface area (Å²) in [7, 11) is 1.72. The van der Waals surface area contributed by atoms with Crippen LogP contribution in [0.3, 0.4) is 0 Å². The lowest BCUT2D eigenvalue weighted by Gasteiger charge is -2.17. The molecular formula is C10H10N2O2. The fraction of sp³-hybridized carbons (Fsp3) is 0.200. The molecule has 0 aromatic heterocycles. The number of hydrogen-bond donors (Lipinski definition) is 2. The van der Waals surface area contributed by atoms with Gasteiger partial charge in [-0.25, -0.2) is 0 Å². The van der Waals surface area contributed by atoms with Gasteiger partial charge in [0.25, 0.3) is 5.91 Å². The first kappa shape index (κ1) is 8.74. The predicted octanol–water partition coefficient (Wildman–Crippen LogP) is 0.654. The van der Waals surface area contributed by atoms with Gasteiger partial charge in [-0.15, -0.1) is 0 Å². The maximum Gasteiger partial charge on any atom is 0.254 e. The van der Waals surface area contributed by atoms with E-state index in [1.165, 1.54) is 0 Å². The molecule has 0 saturated heterocycles. The Balaban J connectivity index is 2.66. The van der Waals surface area contributed by atoms with Gasteiger partial charge in [-0.2, -0.15) is 0 Å². The molecule has 1 aliphatic rings. The number of ketones is 1. The zero-order chi connectivity index (χ0) is 10.1. The Morgan fingerprint density at radius 3 is 2.86 bits per heavy atom. The molecule has 72 valence electrons. The number of fused-ring (bicyclic) bond motifs is 1. The fourth-order valence-electron chi connectivity index (χ4n) is 1.58. The van der Waals surface area contributed by atoms with Gasteiger partial charge in [0.2, 0.25) is 0 Å². The maximum absolute atomic E-state index is 11.5. The van der Waals surface area contributed by atoms with Crippen LogP contribution < -0.4 is 10.6 Å². The van der Waals surface area contributed by atoms with Gasteiger partial charge in [-0.05, 0) is 6.07 Å². The highest BCUT2D eigenvalue weighted by atomic mass is 16.2. The standard InChI is InChI=1S/C10H10N2O2/c1-11-7-4-2-3-6-8(13)5-12-10(14)9(6)7/h2-4,11H,5H2,1H3,(H,12,14). The normalized spacial score (nSPS) is 14.6. The molecule has 0 spiro atoms. The molecule has 4 nitrogen and oxygen atoms in total. The van der Waals surface area contributed by atoms with Gasteiger partial charge >= 0.3 is 0 Å². The van der Waals surface area contributed by atoms with Crippen molar-refractivity contribution < 1.29 is 9.59 Å². The highest BCUT2D eigenvalue weighted by Crippen LogP contribution is 2.22. The number of rotatable bonds is 1. The monoisotopic (exact) mass is 190 g/mol. The SMILES string of the molecule is CNc1cccc2c1C(=O)NCC2=O. The second kappa shape index (κ2) is 3.14. The Kier molecular flexibility index (Phi) is 1.96. The van der Waals surface area contributed by atoms with E-state index < -0.39 is 0 Å². The number of hydrogen-bond acceptors (Lipinski definition) is 3. The van der Waals surface area contributed by atoms with Crippen LogP contribution in [0.5, 0.6) is 0 Å². The minimum atomic E-state index is -0.190. The summed E-state index contributed by atoms with van der Waals surface area (Å²) in [6.45, 7) is 0.0962. The summed E-state index contributed by atoms with van der Waals surface area (Å²) < 4.78 is 0. The highest BCUT2D eigenvalue weighted by molar-refractivity contribution is 6.16. The largest absolute Gasteiger partial charge is 0.387 e. The first-order valence-electron chi connectivity index (χ1n) is 4.36. The van der Waals surface area contributed by atoms with Gasteiger partial charge in [0.1, 0.15) is 0 Å². The second-order valence-electron chi connectivity index (χ2n) is 3.08. The summed E-state index contributed by atoms with van der Waals surface area (Å²) in [4.78, 5) is 23.0. The number of carbonyl (C=O) groups excluding carboxylic acids is 2. The Labute approximate surface area is 81.3 Å². The Morgan fingerprint density at radius 1 is 1.36 bits per heavy atom. The van der Waals surface area contributed by atoms with Crippen LogP contribution in [-0.4, -0.2) is 25.3 Å². The van der Waals surface area contributed by atoms with Crippen molar-refractivity contribution in [1.29, 1.82) is 0 Å². The van der Waals surface area contributed by atoms with Crippen molar-refractivity contribution in [2.75, 3.05) is 18.9 Å². The van der Waals surface area contributed by atoms with Crippen molar-refractivity contribution in [2.24, 2.45) is 0 Å². The molecule has 2 N–H and O–H groups in total. The topological polar surface area (TPSA) is 58.2 Å². The van der Waals surface area contributed by atoms with Crippen LogP contribution >= 0.6 is 0 Å². The van der Waals surface area contributed by atoms with E-state index in [0.717, 1.165) is 0 Å². The first-order valence-corrected chi connectivity index (χ1v) is 4.36. The van der Waals surface area contributed by atoms with Crippen LogP contribution in [0.4, 0.5) is 5.69 Å². The first-order chi connectivity index (χ1) is 6.74. The van der Waals surface area contributed by atoms with Gasteiger partial charge in [0.05, 0.1) is 12.1 Å². The number of nitrogens with one attached hydrogen (secondary N) is 2. The molecule has 0 aliphatic carbocycles. The third-order valence-corrected chi connectivity index (χ3v) is 2.27. The van der Waals surface area contributed by atoms with E-state index in [1.807, 2.05) is 0 Å². The summed E-state index contributed by atoms with van der Waals surface area (Å²) in [5.41, 5.74) is 1.64. The molecule has 1 aromatic rings. The smallest absolute Gasteiger partial charge is 0.254 e. The van der Waals surface area contributed by atoms with E-state index in [9.17, 15) is 9.59 Å². The van der Waals surface area contributed by atoms with Crippen molar-refractivity contribution in [3.05, 3.63) is 29.3 Å². The minimum absolute atomic E-state index is 0.0447. The number of benzene rings is 1. The summed E-state index contributed by atoms with van der Waals surface area (Å²) in [5, 5.41) is 5.43. The predicted molar refractivity (Wildman–Crippen MR) is 52.7 cm³/mol. The molecule has 1 heterocycles. The third-order valence-electron chi connectivity index (χ3n) is 2.27. The summed E-state index contributed by atoms with van der Waals surface area (Å²) in [6.07, 6.45) is 0. The molecule has 4 heteroatoms. The average Bonchev–Trinajstić information content (AvgIpc) is 2.23. The van der Waals surface area contributed by atoms with Crippen molar-refractivity contribution in [3.63, 3.8) is 0 Å². The molecule has 0 fully saturated rings. The lowest BCUT2D eigenvalue weighted by molar-refractivity contribution is 0.0878. The summed E-state index contributed by atoms with van der Waals surface area (Å²) in [6, 6.07) is 5.22. The number of Topliss-reactive ketones (excluding diaryl/α,β-unsaturated/α-hetero) is 1.